The van der Waals surface area contributed by atoms with E-state index >= 15 is 0 Å². The van der Waals surface area contributed by atoms with Crippen LogP contribution in [0.3, 0.4) is 0 Å². The summed E-state index contributed by atoms with van der Waals surface area (Å²) in [5.41, 5.74) is 6.06. The molecule has 2 aliphatic heterocycles. The third-order valence-corrected chi connectivity index (χ3v) is 10.3. The highest BCUT2D eigenvalue weighted by Gasteiger charge is 2.56. The van der Waals surface area contributed by atoms with E-state index in [1.807, 2.05) is 41.3 Å². The molecule has 0 atom stereocenters. The van der Waals surface area contributed by atoms with Gasteiger partial charge in [-0.05, 0) is 63.6 Å². The van der Waals surface area contributed by atoms with Gasteiger partial charge in [0.15, 0.2) is 5.13 Å². The Morgan fingerprint density at radius 2 is 1.38 bits per heavy atom. The molecule has 8 heteroatoms. The van der Waals surface area contributed by atoms with Crippen molar-refractivity contribution >= 4 is 44.0 Å². The van der Waals surface area contributed by atoms with Gasteiger partial charge in [-0.25, -0.2) is 4.98 Å². The van der Waals surface area contributed by atoms with Crippen LogP contribution < -0.4 is 19.9 Å². The van der Waals surface area contributed by atoms with Crippen molar-refractivity contribution in [2.24, 2.45) is 0 Å². The predicted molar refractivity (Wildman–Crippen MR) is 186 cm³/mol. The minimum Gasteiger partial charge on any atom is -0.456 e. The van der Waals surface area contributed by atoms with Crippen LogP contribution in [0.25, 0.3) is 10.2 Å². The second-order valence-electron chi connectivity index (χ2n) is 11.4. The van der Waals surface area contributed by atoms with Crippen LogP contribution in [0.4, 0.5) is 16.5 Å². The zero-order valence-electron chi connectivity index (χ0n) is 26.3. The van der Waals surface area contributed by atoms with Crippen LogP contribution >= 0.6 is 11.3 Å². The van der Waals surface area contributed by atoms with E-state index in [9.17, 15) is 4.79 Å². The minimum absolute atomic E-state index is 0.0242. The molecule has 2 aliphatic rings. The van der Waals surface area contributed by atoms with Crippen LogP contribution in [0.1, 0.15) is 54.7 Å². The lowest BCUT2D eigenvalue weighted by Gasteiger charge is -2.45. The van der Waals surface area contributed by atoms with Gasteiger partial charge in [0.05, 0.1) is 10.2 Å². The largest absolute Gasteiger partial charge is 0.456 e. The number of hydrogen-bond acceptors (Lipinski definition) is 7. The van der Waals surface area contributed by atoms with Crippen molar-refractivity contribution < 1.29 is 9.53 Å². The number of para-hydroxylation sites is 1. The van der Waals surface area contributed by atoms with Gasteiger partial charge < -0.3 is 24.8 Å². The Labute approximate surface area is 269 Å². The fraction of sp³-hybridized carbons (Fsp3) is 0.297. The molecule has 1 spiro atoms. The van der Waals surface area contributed by atoms with Gasteiger partial charge in [-0.3, -0.25) is 4.79 Å². The van der Waals surface area contributed by atoms with Crippen LogP contribution in [0.2, 0.25) is 0 Å². The number of nitrogens with zero attached hydrogens (tertiary/aromatic N) is 4. The molecule has 7 rings (SSSR count). The molecule has 5 aromatic rings. The van der Waals surface area contributed by atoms with Gasteiger partial charge in [0.25, 0.3) is 5.91 Å². The van der Waals surface area contributed by atoms with E-state index in [2.05, 4.69) is 91.3 Å². The summed E-state index contributed by atoms with van der Waals surface area (Å²) in [5.74, 6) is 1.60. The summed E-state index contributed by atoms with van der Waals surface area (Å²) < 4.78 is 7.95. The van der Waals surface area contributed by atoms with Crippen molar-refractivity contribution in [3.8, 4) is 11.5 Å². The van der Waals surface area contributed by atoms with Crippen molar-refractivity contribution in [3.63, 3.8) is 0 Å². The first kappa shape index (κ1) is 29.2. The van der Waals surface area contributed by atoms with E-state index in [0.29, 0.717) is 13.1 Å². The number of carbonyl (C=O) groups excluding carboxylic acids is 1. The summed E-state index contributed by atoms with van der Waals surface area (Å²) in [6, 6.07) is 29.2. The first-order valence-electron chi connectivity index (χ1n) is 16.0. The van der Waals surface area contributed by atoms with E-state index < -0.39 is 5.54 Å². The van der Waals surface area contributed by atoms with Gasteiger partial charge in [0.2, 0.25) is 0 Å². The summed E-state index contributed by atoms with van der Waals surface area (Å²) in [7, 11) is 0. The summed E-state index contributed by atoms with van der Waals surface area (Å²) in [4.78, 5) is 25.9. The lowest BCUT2D eigenvalue weighted by atomic mass is 9.74. The molecule has 3 heterocycles. The third kappa shape index (κ3) is 4.62. The van der Waals surface area contributed by atoms with Gasteiger partial charge >= 0.3 is 0 Å². The van der Waals surface area contributed by atoms with Crippen molar-refractivity contribution in [1.82, 2.24) is 9.88 Å². The standard InChI is InChI=1S/C37H39N5O2S/c1-5-40(6-2)25-17-19-29-32(23-25)44-33-24-26(41(7-3)8-4)18-20-30(33)37(29)28-14-10-9-13-27(28)35(43)42(37)22-21-38-36-39-31-15-11-12-16-34(31)45-36/h9-20,23-24H,5-8,21-22H2,1-4H3,(H,38,39). The SMILES string of the molecule is CCN(CC)c1ccc2c(c1)Oc1cc(N(CC)CC)ccc1C21c2ccccc2C(=O)N1CCNc1nc2ccccc2s1. The van der Waals surface area contributed by atoms with Crippen LogP contribution in [0.5, 0.6) is 11.5 Å². The number of carbonyl (C=O) groups is 1. The number of thiazole rings is 1. The average molecular weight is 618 g/mol. The van der Waals surface area contributed by atoms with Gasteiger partial charge in [-0.15, -0.1) is 0 Å². The Morgan fingerprint density at radius 3 is 2.00 bits per heavy atom. The number of anilines is 3. The molecule has 0 saturated heterocycles. The van der Waals surface area contributed by atoms with E-state index in [-0.39, 0.29) is 5.91 Å². The molecule has 45 heavy (non-hydrogen) atoms. The molecule has 0 aliphatic carbocycles. The Kier molecular flexibility index (Phi) is 7.61. The maximum Gasteiger partial charge on any atom is 0.255 e. The Balaban J connectivity index is 1.38. The zero-order valence-corrected chi connectivity index (χ0v) is 27.2. The van der Waals surface area contributed by atoms with Gasteiger partial charge in [0, 0.05) is 79.5 Å². The van der Waals surface area contributed by atoms with E-state index in [1.54, 1.807) is 11.3 Å². The molecule has 0 bridgehead atoms. The molecule has 0 unspecified atom stereocenters. The predicted octanol–water partition coefficient (Wildman–Crippen LogP) is 7.95. The third-order valence-electron chi connectivity index (χ3n) is 9.29. The second-order valence-corrected chi connectivity index (χ2v) is 12.5. The minimum atomic E-state index is -0.838. The quantitative estimate of drug-likeness (QED) is 0.172. The molecular weight excluding hydrogens is 579 g/mol. The smallest absolute Gasteiger partial charge is 0.255 e. The lowest BCUT2D eigenvalue weighted by molar-refractivity contribution is 0.0676. The maximum absolute atomic E-state index is 14.4. The maximum atomic E-state index is 14.4. The van der Waals surface area contributed by atoms with Crippen molar-refractivity contribution in [2.75, 3.05) is 54.4 Å². The van der Waals surface area contributed by atoms with Gasteiger partial charge in [-0.2, -0.15) is 0 Å². The zero-order chi connectivity index (χ0) is 31.1. The van der Waals surface area contributed by atoms with E-state index in [1.165, 1.54) is 0 Å². The number of nitrogens with one attached hydrogen (secondary N) is 1. The monoisotopic (exact) mass is 617 g/mol. The fourth-order valence-electron chi connectivity index (χ4n) is 7.12. The summed E-state index contributed by atoms with van der Waals surface area (Å²) in [6.45, 7) is 13.3. The lowest BCUT2D eigenvalue weighted by Crippen LogP contribution is -2.49. The van der Waals surface area contributed by atoms with Gasteiger partial charge in [-0.1, -0.05) is 53.8 Å². The first-order valence-corrected chi connectivity index (χ1v) is 16.8. The van der Waals surface area contributed by atoms with E-state index in [4.69, 9.17) is 9.72 Å². The van der Waals surface area contributed by atoms with Crippen LogP contribution in [-0.4, -0.2) is 55.1 Å². The van der Waals surface area contributed by atoms with E-state index in [0.717, 1.165) is 86.7 Å². The number of rotatable bonds is 10. The fourth-order valence-corrected chi connectivity index (χ4v) is 8.02. The van der Waals surface area contributed by atoms with Crippen LogP contribution in [-0.2, 0) is 5.54 Å². The number of hydrogen-bond donors (Lipinski definition) is 1. The summed E-state index contributed by atoms with van der Waals surface area (Å²) in [5, 5.41) is 4.38. The first-order chi connectivity index (χ1) is 22.0. The Bertz CT molecular complexity index is 1780. The second kappa shape index (κ2) is 11.7. The molecule has 1 N–H and O–H groups in total. The van der Waals surface area contributed by atoms with Crippen LogP contribution in [0, 0.1) is 0 Å². The molecule has 0 saturated carbocycles. The highest BCUT2D eigenvalue weighted by atomic mass is 32.1. The molecule has 230 valence electrons. The van der Waals surface area contributed by atoms with Crippen molar-refractivity contribution in [2.45, 2.75) is 33.2 Å². The number of amides is 1. The summed E-state index contributed by atoms with van der Waals surface area (Å²) >= 11 is 1.63. The topological polar surface area (TPSA) is 60.9 Å². The number of benzene rings is 4. The highest BCUT2D eigenvalue weighted by molar-refractivity contribution is 7.22. The van der Waals surface area contributed by atoms with Crippen LogP contribution in [0.15, 0.2) is 84.9 Å². The molecule has 0 fully saturated rings. The summed E-state index contributed by atoms with van der Waals surface area (Å²) in [6.07, 6.45) is 0. The van der Waals surface area contributed by atoms with Crippen molar-refractivity contribution in [1.29, 1.82) is 0 Å². The van der Waals surface area contributed by atoms with Crippen molar-refractivity contribution in [3.05, 3.63) is 107 Å². The Morgan fingerprint density at radius 1 is 0.778 bits per heavy atom. The van der Waals surface area contributed by atoms with Gasteiger partial charge in [0.1, 0.15) is 17.0 Å². The molecule has 1 aromatic heterocycles. The Hall–Kier alpha value is -4.56. The number of aromatic nitrogens is 1. The molecular formula is C37H39N5O2S. The average Bonchev–Trinajstić information content (AvgIpc) is 3.59. The normalized spacial score (nSPS) is 14.2. The molecule has 7 nitrogen and oxygen atoms in total. The highest BCUT2D eigenvalue weighted by Crippen LogP contribution is 2.58. The number of fused-ring (bicyclic) bond motifs is 7. The molecule has 0 radical (unpaired) electrons. The molecule has 1 amide bonds. The number of ether oxygens (including phenoxy) is 1. The molecule has 4 aromatic carbocycles.